The lowest BCUT2D eigenvalue weighted by Crippen LogP contribution is -2.06. The van der Waals surface area contributed by atoms with Gasteiger partial charge in [-0.25, -0.2) is 4.98 Å². The van der Waals surface area contributed by atoms with E-state index in [1.165, 1.54) is 0 Å². The van der Waals surface area contributed by atoms with Crippen molar-refractivity contribution in [3.8, 4) is 6.07 Å². The second kappa shape index (κ2) is 6.12. The van der Waals surface area contributed by atoms with Crippen molar-refractivity contribution in [1.82, 2.24) is 4.98 Å². The molecule has 16 heavy (non-hydrogen) atoms. The molecule has 0 amide bonds. The average molecular weight is 217 g/mol. The third-order valence-corrected chi connectivity index (χ3v) is 2.70. The Balaban J connectivity index is 2.97. The molecule has 1 aromatic heterocycles. The Morgan fingerprint density at radius 1 is 1.44 bits per heavy atom. The summed E-state index contributed by atoms with van der Waals surface area (Å²) >= 11 is 0. The predicted octanol–water partition coefficient (Wildman–Crippen LogP) is 3.29. The standard InChI is InChI=1S/C13H19N3/c1-4-8-15-13-11(9-14)6-7-12(16-13)10(3)5-2/h6-7,10H,4-5,8H2,1-3H3,(H,15,16). The molecule has 0 aromatic carbocycles. The van der Waals surface area contributed by atoms with Crippen LogP contribution in [-0.4, -0.2) is 11.5 Å². The molecule has 0 radical (unpaired) electrons. The monoisotopic (exact) mass is 217 g/mol. The molecule has 0 saturated carbocycles. The normalized spacial score (nSPS) is 11.9. The van der Waals surface area contributed by atoms with Crippen molar-refractivity contribution in [1.29, 1.82) is 5.26 Å². The van der Waals surface area contributed by atoms with E-state index in [0.29, 0.717) is 11.5 Å². The Bertz CT molecular complexity index is 379. The predicted molar refractivity (Wildman–Crippen MR) is 66.4 cm³/mol. The van der Waals surface area contributed by atoms with Gasteiger partial charge in [-0.15, -0.1) is 0 Å². The topological polar surface area (TPSA) is 48.7 Å². The van der Waals surface area contributed by atoms with Crippen LogP contribution in [0.5, 0.6) is 0 Å². The van der Waals surface area contributed by atoms with Gasteiger partial charge in [0.1, 0.15) is 11.9 Å². The van der Waals surface area contributed by atoms with E-state index in [4.69, 9.17) is 5.26 Å². The van der Waals surface area contributed by atoms with Crippen LogP contribution < -0.4 is 5.32 Å². The molecule has 1 heterocycles. The molecule has 0 fully saturated rings. The molecule has 1 aromatic rings. The van der Waals surface area contributed by atoms with E-state index in [0.717, 1.165) is 30.9 Å². The fraction of sp³-hybridized carbons (Fsp3) is 0.538. The van der Waals surface area contributed by atoms with Crippen LogP contribution in [-0.2, 0) is 0 Å². The van der Waals surface area contributed by atoms with Gasteiger partial charge in [-0.2, -0.15) is 5.26 Å². The van der Waals surface area contributed by atoms with E-state index in [1.54, 1.807) is 0 Å². The molecule has 0 bridgehead atoms. The zero-order valence-corrected chi connectivity index (χ0v) is 10.2. The maximum absolute atomic E-state index is 8.97. The number of anilines is 1. The molecule has 0 aliphatic carbocycles. The zero-order valence-electron chi connectivity index (χ0n) is 10.2. The number of pyridine rings is 1. The average Bonchev–Trinajstić information content (AvgIpc) is 2.34. The van der Waals surface area contributed by atoms with Crippen LogP contribution in [0.25, 0.3) is 0 Å². The van der Waals surface area contributed by atoms with Crippen LogP contribution in [0, 0.1) is 11.3 Å². The molecule has 1 rings (SSSR count). The molecular weight excluding hydrogens is 198 g/mol. The molecule has 0 spiro atoms. The Morgan fingerprint density at radius 2 is 2.19 bits per heavy atom. The number of hydrogen-bond donors (Lipinski definition) is 1. The minimum Gasteiger partial charge on any atom is -0.369 e. The lowest BCUT2D eigenvalue weighted by Gasteiger charge is -2.12. The quantitative estimate of drug-likeness (QED) is 0.823. The van der Waals surface area contributed by atoms with Crippen molar-refractivity contribution >= 4 is 5.82 Å². The van der Waals surface area contributed by atoms with Crippen molar-refractivity contribution in [2.75, 3.05) is 11.9 Å². The summed E-state index contributed by atoms with van der Waals surface area (Å²) in [6.45, 7) is 7.24. The van der Waals surface area contributed by atoms with E-state index in [1.807, 2.05) is 12.1 Å². The van der Waals surface area contributed by atoms with E-state index < -0.39 is 0 Å². The molecule has 3 heteroatoms. The maximum Gasteiger partial charge on any atom is 0.144 e. The lowest BCUT2D eigenvalue weighted by molar-refractivity contribution is 0.708. The number of hydrogen-bond acceptors (Lipinski definition) is 3. The zero-order chi connectivity index (χ0) is 12.0. The number of nitrogens with zero attached hydrogens (tertiary/aromatic N) is 2. The highest BCUT2D eigenvalue weighted by Crippen LogP contribution is 2.20. The van der Waals surface area contributed by atoms with Gasteiger partial charge in [0.25, 0.3) is 0 Å². The van der Waals surface area contributed by atoms with Crippen LogP contribution in [0.15, 0.2) is 12.1 Å². The first-order chi connectivity index (χ1) is 7.72. The second-order valence-electron chi connectivity index (χ2n) is 3.98. The van der Waals surface area contributed by atoms with Crippen molar-refractivity contribution in [3.63, 3.8) is 0 Å². The van der Waals surface area contributed by atoms with Crippen LogP contribution in [0.4, 0.5) is 5.82 Å². The summed E-state index contributed by atoms with van der Waals surface area (Å²) in [5, 5.41) is 12.2. The molecule has 0 aliphatic rings. The van der Waals surface area contributed by atoms with Crippen LogP contribution in [0.1, 0.15) is 50.8 Å². The molecule has 0 saturated heterocycles. The van der Waals surface area contributed by atoms with Crippen LogP contribution in [0.2, 0.25) is 0 Å². The van der Waals surface area contributed by atoms with Gasteiger partial charge in [0, 0.05) is 12.2 Å². The van der Waals surface area contributed by atoms with E-state index in [2.05, 4.69) is 37.1 Å². The first-order valence-corrected chi connectivity index (χ1v) is 5.87. The maximum atomic E-state index is 8.97. The highest BCUT2D eigenvalue weighted by Gasteiger charge is 2.08. The molecule has 3 nitrogen and oxygen atoms in total. The summed E-state index contributed by atoms with van der Waals surface area (Å²) in [6, 6.07) is 5.97. The van der Waals surface area contributed by atoms with Crippen molar-refractivity contribution in [2.45, 2.75) is 39.5 Å². The first kappa shape index (κ1) is 12.5. The Hall–Kier alpha value is -1.56. The Morgan fingerprint density at radius 3 is 2.75 bits per heavy atom. The van der Waals surface area contributed by atoms with Gasteiger partial charge in [-0.3, -0.25) is 0 Å². The van der Waals surface area contributed by atoms with Gasteiger partial charge >= 0.3 is 0 Å². The molecule has 1 atom stereocenters. The van der Waals surface area contributed by atoms with E-state index >= 15 is 0 Å². The highest BCUT2D eigenvalue weighted by atomic mass is 15.0. The molecule has 86 valence electrons. The van der Waals surface area contributed by atoms with Gasteiger partial charge in [0.05, 0.1) is 5.56 Å². The molecule has 0 aliphatic heterocycles. The highest BCUT2D eigenvalue weighted by molar-refractivity contribution is 5.52. The largest absolute Gasteiger partial charge is 0.369 e. The van der Waals surface area contributed by atoms with Gasteiger partial charge < -0.3 is 5.32 Å². The Labute approximate surface area is 97.5 Å². The lowest BCUT2D eigenvalue weighted by atomic mass is 10.0. The van der Waals surface area contributed by atoms with Crippen LogP contribution in [0.3, 0.4) is 0 Å². The number of nitrogens with one attached hydrogen (secondary N) is 1. The molecule has 1 unspecified atom stereocenters. The summed E-state index contributed by atoms with van der Waals surface area (Å²) in [5.74, 6) is 1.16. The number of nitriles is 1. The van der Waals surface area contributed by atoms with Gasteiger partial charge in [-0.05, 0) is 30.9 Å². The van der Waals surface area contributed by atoms with Crippen LogP contribution >= 0.6 is 0 Å². The van der Waals surface area contributed by atoms with Crippen molar-refractivity contribution in [2.24, 2.45) is 0 Å². The van der Waals surface area contributed by atoms with Crippen molar-refractivity contribution < 1.29 is 0 Å². The fourth-order valence-corrected chi connectivity index (χ4v) is 1.43. The van der Waals surface area contributed by atoms with E-state index in [-0.39, 0.29) is 0 Å². The Kier molecular flexibility index (Phi) is 4.78. The third kappa shape index (κ3) is 2.96. The second-order valence-corrected chi connectivity index (χ2v) is 3.98. The fourth-order valence-electron chi connectivity index (χ4n) is 1.43. The summed E-state index contributed by atoms with van der Waals surface area (Å²) in [6.07, 6.45) is 2.09. The smallest absolute Gasteiger partial charge is 0.144 e. The minimum atomic E-state index is 0.440. The van der Waals surface area contributed by atoms with Crippen molar-refractivity contribution in [3.05, 3.63) is 23.4 Å². The minimum absolute atomic E-state index is 0.440. The van der Waals surface area contributed by atoms with Gasteiger partial charge in [0.2, 0.25) is 0 Å². The van der Waals surface area contributed by atoms with E-state index in [9.17, 15) is 0 Å². The SMILES string of the molecule is CCCNc1nc(C(C)CC)ccc1C#N. The summed E-state index contributed by atoms with van der Waals surface area (Å²) in [7, 11) is 0. The number of aromatic nitrogens is 1. The van der Waals surface area contributed by atoms with Gasteiger partial charge in [0.15, 0.2) is 0 Å². The molecular formula is C13H19N3. The number of rotatable bonds is 5. The third-order valence-electron chi connectivity index (χ3n) is 2.70. The summed E-state index contributed by atoms with van der Waals surface area (Å²) in [5.41, 5.74) is 1.68. The first-order valence-electron chi connectivity index (χ1n) is 5.87. The summed E-state index contributed by atoms with van der Waals surface area (Å²) < 4.78 is 0. The molecule has 1 N–H and O–H groups in total. The van der Waals surface area contributed by atoms with Gasteiger partial charge in [-0.1, -0.05) is 20.8 Å². The summed E-state index contributed by atoms with van der Waals surface area (Å²) in [4.78, 5) is 4.52.